The van der Waals surface area contributed by atoms with E-state index in [2.05, 4.69) is 10.4 Å². The van der Waals surface area contributed by atoms with Gasteiger partial charge in [0.2, 0.25) is 5.88 Å². The lowest BCUT2D eigenvalue weighted by Crippen LogP contribution is -2.27. The average molecular weight is 321 g/mol. The highest BCUT2D eigenvalue weighted by Gasteiger charge is 2.23. The normalized spacial score (nSPS) is 11.9. The van der Waals surface area contributed by atoms with Crippen LogP contribution in [0.3, 0.4) is 0 Å². The molecule has 23 heavy (non-hydrogen) atoms. The van der Waals surface area contributed by atoms with Gasteiger partial charge in [0.15, 0.2) is 0 Å². The Kier molecular flexibility index (Phi) is 4.88. The molecule has 6 nitrogen and oxygen atoms in total. The van der Waals surface area contributed by atoms with E-state index in [-0.39, 0.29) is 5.91 Å². The lowest BCUT2D eigenvalue weighted by molar-refractivity contribution is 0.0935. The van der Waals surface area contributed by atoms with Crippen molar-refractivity contribution in [3.63, 3.8) is 0 Å². The molecule has 0 radical (unpaired) electrons. The van der Waals surface area contributed by atoms with Crippen molar-refractivity contribution in [2.75, 3.05) is 14.2 Å². The molecule has 1 heterocycles. The summed E-state index contributed by atoms with van der Waals surface area (Å²) in [5.74, 6) is 0.149. The number of carbonyl (C=O) groups is 1. The largest absolute Gasteiger partial charge is 0.496 e. The smallest absolute Gasteiger partial charge is 0.259 e. The first kappa shape index (κ1) is 16.8. The molecule has 0 saturated carbocycles. The zero-order valence-electron chi connectivity index (χ0n) is 13.8. The molecule has 0 fully saturated rings. The van der Waals surface area contributed by atoms with Crippen LogP contribution >= 0.6 is 0 Å². The van der Waals surface area contributed by atoms with E-state index in [1.165, 1.54) is 37.1 Å². The van der Waals surface area contributed by atoms with E-state index in [1.54, 1.807) is 20.9 Å². The molecule has 0 spiro atoms. The Morgan fingerprint density at radius 3 is 2.65 bits per heavy atom. The molecule has 0 aliphatic heterocycles. The number of amides is 1. The van der Waals surface area contributed by atoms with Gasteiger partial charge in [0, 0.05) is 12.6 Å². The minimum absolute atomic E-state index is 0.341. The maximum absolute atomic E-state index is 13.5. The van der Waals surface area contributed by atoms with E-state index < -0.39 is 11.9 Å². The molecule has 7 heteroatoms. The molecule has 1 amide bonds. The Morgan fingerprint density at radius 1 is 1.35 bits per heavy atom. The number of aryl methyl sites for hydroxylation is 2. The number of hydrogen-bond acceptors (Lipinski definition) is 4. The number of nitrogens with one attached hydrogen (secondary N) is 1. The van der Waals surface area contributed by atoms with E-state index in [0.717, 1.165) is 0 Å². The van der Waals surface area contributed by atoms with Gasteiger partial charge < -0.3 is 14.8 Å². The Morgan fingerprint density at radius 2 is 2.04 bits per heavy atom. The Labute approximate surface area is 134 Å². The van der Waals surface area contributed by atoms with E-state index in [4.69, 9.17) is 9.47 Å². The Hall–Kier alpha value is -2.57. The van der Waals surface area contributed by atoms with Crippen molar-refractivity contribution in [2.24, 2.45) is 7.05 Å². The SMILES string of the molecule is COc1ccc(F)cc1[C@H](C)NC(=O)c1c(C)nn(C)c1OC. The third-order valence-corrected chi connectivity index (χ3v) is 3.60. The molecule has 0 unspecified atom stereocenters. The minimum atomic E-state index is -0.447. The van der Waals surface area contributed by atoms with Crippen molar-refractivity contribution >= 4 is 5.91 Å². The fraction of sp³-hybridized carbons (Fsp3) is 0.375. The number of hydrogen-bond donors (Lipinski definition) is 1. The molecule has 1 aromatic heterocycles. The molecule has 0 aliphatic rings. The fourth-order valence-corrected chi connectivity index (χ4v) is 2.52. The predicted octanol–water partition coefficient (Wildman–Crippen LogP) is 2.38. The fourth-order valence-electron chi connectivity index (χ4n) is 2.52. The topological polar surface area (TPSA) is 65.4 Å². The summed E-state index contributed by atoms with van der Waals surface area (Å²) in [4.78, 5) is 12.5. The van der Waals surface area contributed by atoms with Gasteiger partial charge in [0.05, 0.1) is 26.0 Å². The summed E-state index contributed by atoms with van der Waals surface area (Å²) in [5, 5.41) is 7.00. The van der Waals surface area contributed by atoms with Crippen LogP contribution in [0.1, 0.15) is 34.6 Å². The van der Waals surface area contributed by atoms with Gasteiger partial charge in [-0.15, -0.1) is 0 Å². The van der Waals surface area contributed by atoms with Crippen molar-refractivity contribution < 1.29 is 18.7 Å². The summed E-state index contributed by atoms with van der Waals surface area (Å²) in [5.41, 5.74) is 1.47. The third kappa shape index (κ3) is 3.28. The summed E-state index contributed by atoms with van der Waals surface area (Å²) in [6.45, 7) is 3.48. The quantitative estimate of drug-likeness (QED) is 0.918. The van der Waals surface area contributed by atoms with Crippen LogP contribution in [0.25, 0.3) is 0 Å². The highest BCUT2D eigenvalue weighted by Crippen LogP contribution is 2.27. The Balaban J connectivity index is 2.29. The molecular weight excluding hydrogens is 301 g/mol. The summed E-state index contributed by atoms with van der Waals surface area (Å²) >= 11 is 0. The molecule has 1 atom stereocenters. The number of aromatic nitrogens is 2. The molecule has 2 aromatic rings. The van der Waals surface area contributed by atoms with Crippen molar-refractivity contribution in [1.29, 1.82) is 0 Å². The molecule has 0 aliphatic carbocycles. The van der Waals surface area contributed by atoms with Crippen LogP contribution in [0, 0.1) is 12.7 Å². The average Bonchev–Trinajstić information content (AvgIpc) is 2.80. The molecule has 124 valence electrons. The van der Waals surface area contributed by atoms with Crippen molar-refractivity contribution in [2.45, 2.75) is 19.9 Å². The van der Waals surface area contributed by atoms with E-state index in [0.29, 0.717) is 28.5 Å². The molecule has 1 aromatic carbocycles. The van der Waals surface area contributed by atoms with Gasteiger partial charge in [-0.1, -0.05) is 0 Å². The van der Waals surface area contributed by atoms with Gasteiger partial charge in [-0.25, -0.2) is 9.07 Å². The van der Waals surface area contributed by atoms with Crippen molar-refractivity contribution in [3.05, 3.63) is 40.8 Å². The second kappa shape index (κ2) is 6.68. The third-order valence-electron chi connectivity index (χ3n) is 3.60. The lowest BCUT2D eigenvalue weighted by Gasteiger charge is -2.17. The van der Waals surface area contributed by atoms with Crippen LogP contribution < -0.4 is 14.8 Å². The maximum Gasteiger partial charge on any atom is 0.259 e. The minimum Gasteiger partial charge on any atom is -0.496 e. The van der Waals surface area contributed by atoms with E-state index >= 15 is 0 Å². The standard InChI is InChI=1S/C16H20FN3O3/c1-9(12-8-11(17)6-7-13(12)22-4)18-15(21)14-10(2)19-20(3)16(14)23-5/h6-9H,1-5H3,(H,18,21)/t9-/m0/s1. The molecule has 1 N–H and O–H groups in total. The first-order chi connectivity index (χ1) is 10.9. The second-order valence-electron chi connectivity index (χ2n) is 5.17. The summed E-state index contributed by atoms with van der Waals surface area (Å²) in [7, 11) is 4.67. The van der Waals surface area contributed by atoms with Crippen LogP contribution in [0.4, 0.5) is 4.39 Å². The zero-order chi connectivity index (χ0) is 17.1. The first-order valence-electron chi connectivity index (χ1n) is 7.11. The van der Waals surface area contributed by atoms with E-state index in [1.807, 2.05) is 0 Å². The molecule has 2 rings (SSSR count). The Bertz CT molecular complexity index is 728. The van der Waals surface area contributed by atoms with Crippen molar-refractivity contribution in [1.82, 2.24) is 15.1 Å². The van der Waals surface area contributed by atoms with Gasteiger partial charge >= 0.3 is 0 Å². The predicted molar refractivity (Wildman–Crippen MR) is 83.3 cm³/mol. The molecular formula is C16H20FN3O3. The van der Waals surface area contributed by atoms with Crippen LogP contribution in [-0.4, -0.2) is 29.9 Å². The number of carbonyl (C=O) groups excluding carboxylic acids is 1. The lowest BCUT2D eigenvalue weighted by atomic mass is 10.1. The second-order valence-corrected chi connectivity index (χ2v) is 5.17. The summed E-state index contributed by atoms with van der Waals surface area (Å²) in [6, 6.07) is 3.74. The maximum atomic E-state index is 13.5. The number of halogens is 1. The number of ether oxygens (including phenoxy) is 2. The van der Waals surface area contributed by atoms with Crippen LogP contribution in [-0.2, 0) is 7.05 Å². The first-order valence-corrected chi connectivity index (χ1v) is 7.11. The number of nitrogens with zero attached hydrogens (tertiary/aromatic N) is 2. The van der Waals surface area contributed by atoms with E-state index in [9.17, 15) is 9.18 Å². The van der Waals surface area contributed by atoms with Crippen LogP contribution in [0.2, 0.25) is 0 Å². The number of rotatable bonds is 5. The van der Waals surface area contributed by atoms with Gasteiger partial charge in [0.25, 0.3) is 5.91 Å². The highest BCUT2D eigenvalue weighted by molar-refractivity contribution is 5.97. The van der Waals surface area contributed by atoms with Gasteiger partial charge in [-0.3, -0.25) is 4.79 Å². The molecule has 0 bridgehead atoms. The summed E-state index contributed by atoms with van der Waals surface area (Å²) in [6.07, 6.45) is 0. The number of benzene rings is 1. The van der Waals surface area contributed by atoms with Crippen molar-refractivity contribution in [3.8, 4) is 11.6 Å². The van der Waals surface area contributed by atoms with Crippen LogP contribution in [0.15, 0.2) is 18.2 Å². The van der Waals surface area contributed by atoms with Gasteiger partial charge in [0.1, 0.15) is 17.1 Å². The molecule has 0 saturated heterocycles. The number of methoxy groups -OCH3 is 2. The van der Waals surface area contributed by atoms with Gasteiger partial charge in [-0.2, -0.15) is 5.10 Å². The summed E-state index contributed by atoms with van der Waals surface area (Å²) < 4.78 is 25.4. The van der Waals surface area contributed by atoms with Gasteiger partial charge in [-0.05, 0) is 32.0 Å². The highest BCUT2D eigenvalue weighted by atomic mass is 19.1. The van der Waals surface area contributed by atoms with Crippen LogP contribution in [0.5, 0.6) is 11.6 Å². The monoisotopic (exact) mass is 321 g/mol. The zero-order valence-corrected chi connectivity index (χ0v) is 13.8.